The Balaban J connectivity index is 1.26. The zero-order valence-electron chi connectivity index (χ0n) is 16.9. The zero-order chi connectivity index (χ0) is 21.3. The fourth-order valence-corrected chi connectivity index (χ4v) is 3.66. The van der Waals surface area contributed by atoms with Gasteiger partial charge in [0.1, 0.15) is 11.6 Å². The molecular weight excluding hydrogens is 400 g/mol. The summed E-state index contributed by atoms with van der Waals surface area (Å²) >= 11 is 0. The minimum Gasteiger partial charge on any atom is -0.340 e. The second-order valence-corrected chi connectivity index (χ2v) is 7.36. The Morgan fingerprint density at radius 1 is 0.875 bits per heavy atom. The minimum absolute atomic E-state index is 0.655. The fourth-order valence-electron chi connectivity index (χ4n) is 3.66. The third kappa shape index (κ3) is 3.39. The standard InChI is InChI=1S/C24H18N8/c1-9-28-32(11-1)23-13-17-2-3-18(12-21(17)30-23)24-25-10-8-22(31-24)29-20-6-4-16(5-7-20)19-14-26-27-15-19/h1-15,30H,(H,26,27)(H,25,29,31). The molecule has 0 radical (unpaired) electrons. The van der Waals surface area contributed by atoms with Gasteiger partial charge in [-0.05, 0) is 42.0 Å². The molecule has 6 aromatic rings. The minimum atomic E-state index is 0.655. The van der Waals surface area contributed by atoms with Gasteiger partial charge >= 0.3 is 0 Å². The number of benzene rings is 2. The lowest BCUT2D eigenvalue weighted by Gasteiger charge is -2.08. The summed E-state index contributed by atoms with van der Waals surface area (Å²) in [6.45, 7) is 0. The molecule has 32 heavy (non-hydrogen) atoms. The Morgan fingerprint density at radius 2 is 1.78 bits per heavy atom. The van der Waals surface area contributed by atoms with E-state index in [1.807, 2.05) is 54.9 Å². The molecule has 154 valence electrons. The SMILES string of the molecule is c1cnn(-c2cc3ccc(-c4nccc(Nc5ccc(-c6cn[nH]c6)cc5)n4)cc3[nH]2)c1. The largest absolute Gasteiger partial charge is 0.340 e. The highest BCUT2D eigenvalue weighted by Gasteiger charge is 2.08. The van der Waals surface area contributed by atoms with E-state index in [1.165, 1.54) is 0 Å². The van der Waals surface area contributed by atoms with Crippen molar-refractivity contribution in [3.05, 3.63) is 91.6 Å². The van der Waals surface area contributed by atoms with Gasteiger partial charge in [0.2, 0.25) is 0 Å². The van der Waals surface area contributed by atoms with Gasteiger partial charge in [0.25, 0.3) is 0 Å². The van der Waals surface area contributed by atoms with Gasteiger partial charge in [0, 0.05) is 52.5 Å². The van der Waals surface area contributed by atoms with Crippen LogP contribution in [0.15, 0.2) is 91.6 Å². The smallest absolute Gasteiger partial charge is 0.161 e. The summed E-state index contributed by atoms with van der Waals surface area (Å²) in [5.74, 6) is 2.30. The number of aromatic nitrogens is 7. The predicted molar refractivity (Wildman–Crippen MR) is 124 cm³/mol. The summed E-state index contributed by atoms with van der Waals surface area (Å²) in [7, 11) is 0. The normalized spacial score (nSPS) is 11.1. The Morgan fingerprint density at radius 3 is 2.59 bits per heavy atom. The molecule has 2 aromatic carbocycles. The van der Waals surface area contributed by atoms with Crippen molar-refractivity contribution >= 4 is 22.4 Å². The molecule has 0 spiro atoms. The molecule has 6 rings (SSSR count). The maximum Gasteiger partial charge on any atom is 0.161 e. The molecule has 4 aromatic heterocycles. The quantitative estimate of drug-likeness (QED) is 0.368. The van der Waals surface area contributed by atoms with E-state index < -0.39 is 0 Å². The van der Waals surface area contributed by atoms with Gasteiger partial charge in [0.15, 0.2) is 5.82 Å². The van der Waals surface area contributed by atoms with Crippen LogP contribution in [0.2, 0.25) is 0 Å². The molecule has 0 saturated carbocycles. The molecule has 0 fully saturated rings. The number of hydrogen-bond donors (Lipinski definition) is 3. The second kappa shape index (κ2) is 7.51. The maximum atomic E-state index is 4.71. The first-order valence-corrected chi connectivity index (χ1v) is 10.1. The van der Waals surface area contributed by atoms with E-state index in [1.54, 1.807) is 23.3 Å². The summed E-state index contributed by atoms with van der Waals surface area (Å²) in [5, 5.41) is 15.6. The van der Waals surface area contributed by atoms with Gasteiger partial charge in [-0.3, -0.25) is 5.10 Å². The average Bonchev–Trinajstić information content (AvgIpc) is 3.61. The van der Waals surface area contributed by atoms with Crippen LogP contribution in [0.4, 0.5) is 11.5 Å². The van der Waals surface area contributed by atoms with E-state index in [-0.39, 0.29) is 0 Å². The Bertz CT molecular complexity index is 1480. The molecule has 8 heteroatoms. The van der Waals surface area contributed by atoms with Gasteiger partial charge < -0.3 is 10.3 Å². The van der Waals surface area contributed by atoms with E-state index in [4.69, 9.17) is 4.98 Å². The molecule has 0 aliphatic rings. The third-order valence-electron chi connectivity index (χ3n) is 5.26. The Kier molecular flexibility index (Phi) is 4.25. The van der Waals surface area contributed by atoms with Crippen LogP contribution in [0.5, 0.6) is 0 Å². The average molecular weight is 418 g/mol. The first kappa shape index (κ1) is 18.1. The lowest BCUT2D eigenvalue weighted by molar-refractivity contribution is 0.858. The molecule has 0 aliphatic carbocycles. The zero-order valence-corrected chi connectivity index (χ0v) is 16.9. The van der Waals surface area contributed by atoms with Crippen molar-refractivity contribution in [3.8, 4) is 28.3 Å². The van der Waals surface area contributed by atoms with Gasteiger partial charge in [-0.2, -0.15) is 10.2 Å². The van der Waals surface area contributed by atoms with Crippen LogP contribution in [0.3, 0.4) is 0 Å². The first-order chi connectivity index (χ1) is 15.8. The van der Waals surface area contributed by atoms with Crippen molar-refractivity contribution in [3.63, 3.8) is 0 Å². The number of fused-ring (bicyclic) bond motifs is 1. The van der Waals surface area contributed by atoms with E-state index in [9.17, 15) is 0 Å². The highest BCUT2D eigenvalue weighted by molar-refractivity contribution is 5.86. The topological polar surface area (TPSA) is 100 Å². The first-order valence-electron chi connectivity index (χ1n) is 10.1. The molecule has 0 atom stereocenters. The van der Waals surface area contributed by atoms with Crippen LogP contribution >= 0.6 is 0 Å². The molecular formula is C24H18N8. The van der Waals surface area contributed by atoms with E-state index in [2.05, 4.69) is 48.8 Å². The second-order valence-electron chi connectivity index (χ2n) is 7.36. The Hall–Kier alpha value is -4.72. The predicted octanol–water partition coefficient (Wildman–Crippen LogP) is 4.94. The third-order valence-corrected chi connectivity index (χ3v) is 5.26. The van der Waals surface area contributed by atoms with Crippen LogP contribution in [0.25, 0.3) is 39.2 Å². The summed E-state index contributed by atoms with van der Waals surface area (Å²) in [6, 6.07) is 20.1. The molecule has 8 nitrogen and oxygen atoms in total. The highest BCUT2D eigenvalue weighted by atomic mass is 15.3. The summed E-state index contributed by atoms with van der Waals surface area (Å²) in [5.41, 5.74) is 5.04. The Labute approximate surface area is 183 Å². The summed E-state index contributed by atoms with van der Waals surface area (Å²) in [4.78, 5) is 12.6. The monoisotopic (exact) mass is 418 g/mol. The van der Waals surface area contributed by atoms with Gasteiger partial charge in [-0.1, -0.05) is 24.3 Å². The lowest BCUT2D eigenvalue weighted by Crippen LogP contribution is -1.96. The lowest BCUT2D eigenvalue weighted by atomic mass is 10.1. The van der Waals surface area contributed by atoms with E-state index >= 15 is 0 Å². The number of nitrogens with zero attached hydrogens (tertiary/aromatic N) is 5. The number of rotatable bonds is 5. The van der Waals surface area contributed by atoms with Crippen LogP contribution in [0, 0.1) is 0 Å². The summed E-state index contributed by atoms with van der Waals surface area (Å²) in [6.07, 6.45) is 9.11. The van der Waals surface area contributed by atoms with Gasteiger partial charge in [0.05, 0.1) is 6.20 Å². The molecule has 0 aliphatic heterocycles. The molecule has 0 amide bonds. The molecule has 0 saturated heterocycles. The number of anilines is 2. The molecule has 4 heterocycles. The number of H-pyrrole nitrogens is 2. The number of aromatic amines is 2. The van der Waals surface area contributed by atoms with Crippen molar-refractivity contribution in [2.75, 3.05) is 5.32 Å². The van der Waals surface area contributed by atoms with Crippen LogP contribution in [-0.2, 0) is 0 Å². The van der Waals surface area contributed by atoms with Crippen molar-refractivity contribution in [2.24, 2.45) is 0 Å². The van der Waals surface area contributed by atoms with Gasteiger partial charge in [-0.15, -0.1) is 0 Å². The fraction of sp³-hybridized carbons (Fsp3) is 0. The van der Waals surface area contributed by atoms with Crippen LogP contribution < -0.4 is 5.32 Å². The molecule has 3 N–H and O–H groups in total. The maximum absolute atomic E-state index is 4.71. The van der Waals surface area contributed by atoms with Crippen molar-refractivity contribution < 1.29 is 0 Å². The number of nitrogens with one attached hydrogen (secondary N) is 3. The highest BCUT2D eigenvalue weighted by Crippen LogP contribution is 2.26. The van der Waals surface area contributed by atoms with Crippen molar-refractivity contribution in [1.82, 2.24) is 34.9 Å². The van der Waals surface area contributed by atoms with Crippen LogP contribution in [0.1, 0.15) is 0 Å². The van der Waals surface area contributed by atoms with E-state index in [0.29, 0.717) is 5.82 Å². The van der Waals surface area contributed by atoms with Crippen molar-refractivity contribution in [1.29, 1.82) is 0 Å². The van der Waals surface area contributed by atoms with Crippen molar-refractivity contribution in [2.45, 2.75) is 0 Å². The molecule has 0 bridgehead atoms. The summed E-state index contributed by atoms with van der Waals surface area (Å²) < 4.78 is 1.80. The van der Waals surface area contributed by atoms with Crippen LogP contribution in [-0.4, -0.2) is 34.9 Å². The van der Waals surface area contributed by atoms with Gasteiger partial charge in [-0.25, -0.2) is 14.6 Å². The molecule has 0 unspecified atom stereocenters. The number of hydrogen-bond acceptors (Lipinski definition) is 5. The van der Waals surface area contributed by atoms with E-state index in [0.717, 1.165) is 44.9 Å².